The minimum absolute atomic E-state index is 0.0200. The van der Waals surface area contributed by atoms with E-state index in [-0.39, 0.29) is 16.5 Å². The summed E-state index contributed by atoms with van der Waals surface area (Å²) in [7, 11) is 0. The van der Waals surface area contributed by atoms with Gasteiger partial charge in [-0.1, -0.05) is 0 Å². The molecule has 1 saturated carbocycles. The van der Waals surface area contributed by atoms with Crippen LogP contribution in [-0.2, 0) is 10.2 Å². The third-order valence-corrected chi connectivity index (χ3v) is 3.82. The highest BCUT2D eigenvalue weighted by Gasteiger charge is 2.49. The molecule has 1 fully saturated rings. The van der Waals surface area contributed by atoms with E-state index in [9.17, 15) is 19.4 Å². The van der Waals surface area contributed by atoms with Gasteiger partial charge < -0.3 is 15.3 Å². The minimum Gasteiger partial charge on any atom is -0.504 e. The second-order valence-corrected chi connectivity index (χ2v) is 5.06. The SMILES string of the molecule is O=C(O)CC1(c2c(O)c(O)cc(F)c2Br)CC1. The van der Waals surface area contributed by atoms with Crippen molar-refractivity contribution < 1.29 is 24.5 Å². The van der Waals surface area contributed by atoms with Crippen molar-refractivity contribution >= 4 is 21.9 Å². The Hall–Kier alpha value is -1.30. The highest BCUT2D eigenvalue weighted by Crippen LogP contribution is 2.57. The lowest BCUT2D eigenvalue weighted by atomic mass is 9.91. The average Bonchev–Trinajstić information content (AvgIpc) is 2.95. The Bertz CT molecular complexity index is 470. The smallest absolute Gasteiger partial charge is 0.304 e. The van der Waals surface area contributed by atoms with E-state index in [1.807, 2.05) is 0 Å². The first kappa shape index (κ1) is 12.2. The fourth-order valence-electron chi connectivity index (χ4n) is 2.04. The summed E-state index contributed by atoms with van der Waals surface area (Å²) in [5.41, 5.74) is -0.619. The summed E-state index contributed by atoms with van der Waals surface area (Å²) in [5.74, 6) is -2.75. The molecule has 1 aliphatic rings. The molecule has 0 amide bonds. The van der Waals surface area contributed by atoms with Crippen LogP contribution in [0.2, 0.25) is 0 Å². The van der Waals surface area contributed by atoms with Gasteiger partial charge in [0, 0.05) is 17.0 Å². The van der Waals surface area contributed by atoms with Gasteiger partial charge in [0.2, 0.25) is 0 Å². The number of aliphatic carboxylic acids is 1. The van der Waals surface area contributed by atoms with Gasteiger partial charge in [0.05, 0.1) is 10.9 Å². The Morgan fingerprint density at radius 1 is 1.47 bits per heavy atom. The standard InChI is InChI=1S/C11H10BrFO4/c12-9-5(13)3-6(14)10(17)8(9)11(1-2-11)4-7(15)16/h3,14,17H,1-2,4H2,(H,15,16). The molecule has 1 aliphatic carbocycles. The molecule has 0 unspecified atom stereocenters. The highest BCUT2D eigenvalue weighted by atomic mass is 79.9. The van der Waals surface area contributed by atoms with Gasteiger partial charge in [-0.25, -0.2) is 4.39 Å². The molecule has 92 valence electrons. The zero-order valence-electron chi connectivity index (χ0n) is 8.70. The van der Waals surface area contributed by atoms with Gasteiger partial charge in [0.15, 0.2) is 11.5 Å². The number of aromatic hydroxyl groups is 2. The largest absolute Gasteiger partial charge is 0.504 e. The van der Waals surface area contributed by atoms with Crippen molar-refractivity contribution in [2.45, 2.75) is 24.7 Å². The fraction of sp³-hybridized carbons (Fsp3) is 0.364. The van der Waals surface area contributed by atoms with E-state index in [1.54, 1.807) is 0 Å². The van der Waals surface area contributed by atoms with Crippen molar-refractivity contribution in [1.82, 2.24) is 0 Å². The second-order valence-electron chi connectivity index (χ2n) is 4.27. The molecule has 2 rings (SSSR count). The maximum Gasteiger partial charge on any atom is 0.304 e. The summed E-state index contributed by atoms with van der Waals surface area (Å²) in [6.45, 7) is 0. The maximum absolute atomic E-state index is 13.5. The summed E-state index contributed by atoms with van der Waals surface area (Å²) in [5, 5.41) is 27.9. The Kier molecular flexibility index (Phi) is 2.77. The number of hydrogen-bond donors (Lipinski definition) is 3. The number of phenolic OH excluding ortho intramolecular Hbond substituents is 2. The number of benzene rings is 1. The Morgan fingerprint density at radius 3 is 2.53 bits per heavy atom. The zero-order chi connectivity index (χ0) is 12.8. The van der Waals surface area contributed by atoms with Gasteiger partial charge in [-0.15, -0.1) is 0 Å². The zero-order valence-corrected chi connectivity index (χ0v) is 10.3. The van der Waals surface area contributed by atoms with Crippen molar-refractivity contribution in [2.75, 3.05) is 0 Å². The van der Waals surface area contributed by atoms with Crippen LogP contribution in [0.1, 0.15) is 24.8 Å². The van der Waals surface area contributed by atoms with Crippen molar-refractivity contribution in [1.29, 1.82) is 0 Å². The number of halogens is 2. The van der Waals surface area contributed by atoms with Crippen LogP contribution in [0.5, 0.6) is 11.5 Å². The molecule has 6 heteroatoms. The third-order valence-electron chi connectivity index (χ3n) is 3.05. The van der Waals surface area contributed by atoms with Crippen LogP contribution in [0.25, 0.3) is 0 Å². The van der Waals surface area contributed by atoms with Crippen LogP contribution in [0.15, 0.2) is 10.5 Å². The van der Waals surface area contributed by atoms with Crippen molar-refractivity contribution in [3.63, 3.8) is 0 Å². The molecule has 0 saturated heterocycles. The first-order valence-electron chi connectivity index (χ1n) is 4.99. The molecule has 0 aromatic heterocycles. The third kappa shape index (κ3) is 1.97. The summed E-state index contributed by atoms with van der Waals surface area (Å²) >= 11 is 2.99. The molecule has 1 aromatic rings. The Labute approximate surface area is 105 Å². The molecule has 0 heterocycles. The van der Waals surface area contributed by atoms with Gasteiger partial charge in [0.25, 0.3) is 0 Å². The number of hydrogen-bond acceptors (Lipinski definition) is 3. The van der Waals surface area contributed by atoms with Gasteiger partial charge in [0.1, 0.15) is 5.82 Å². The van der Waals surface area contributed by atoms with E-state index in [2.05, 4.69) is 15.9 Å². The Morgan fingerprint density at radius 2 is 2.06 bits per heavy atom. The van der Waals surface area contributed by atoms with E-state index >= 15 is 0 Å². The lowest BCUT2D eigenvalue weighted by Gasteiger charge is -2.18. The van der Waals surface area contributed by atoms with Gasteiger partial charge in [-0.05, 0) is 28.8 Å². The van der Waals surface area contributed by atoms with Gasteiger partial charge in [-0.3, -0.25) is 4.79 Å². The van der Waals surface area contributed by atoms with E-state index < -0.39 is 28.7 Å². The number of phenols is 2. The first-order chi connectivity index (χ1) is 7.87. The monoisotopic (exact) mass is 304 g/mol. The molecule has 17 heavy (non-hydrogen) atoms. The van der Waals surface area contributed by atoms with Crippen LogP contribution in [0.4, 0.5) is 4.39 Å². The highest BCUT2D eigenvalue weighted by molar-refractivity contribution is 9.10. The van der Waals surface area contributed by atoms with Gasteiger partial charge >= 0.3 is 5.97 Å². The van der Waals surface area contributed by atoms with Crippen LogP contribution >= 0.6 is 15.9 Å². The van der Waals surface area contributed by atoms with Crippen LogP contribution in [0, 0.1) is 5.82 Å². The number of rotatable bonds is 3. The number of carbonyl (C=O) groups is 1. The quantitative estimate of drug-likeness (QED) is 0.750. The minimum atomic E-state index is -1.02. The number of carboxylic acids is 1. The lowest BCUT2D eigenvalue weighted by molar-refractivity contribution is -0.137. The second kappa shape index (κ2) is 3.87. The van der Waals surface area contributed by atoms with Crippen LogP contribution in [0.3, 0.4) is 0 Å². The molecule has 3 N–H and O–H groups in total. The van der Waals surface area contributed by atoms with Crippen molar-refractivity contribution in [3.05, 3.63) is 21.9 Å². The summed E-state index contributed by atoms with van der Waals surface area (Å²) < 4.78 is 13.5. The molecule has 4 nitrogen and oxygen atoms in total. The molecule has 0 atom stereocenters. The predicted molar refractivity (Wildman–Crippen MR) is 60.6 cm³/mol. The van der Waals surface area contributed by atoms with E-state index in [0.29, 0.717) is 12.8 Å². The normalized spacial score (nSPS) is 16.8. The number of carboxylic acid groups (broad SMARTS) is 1. The maximum atomic E-state index is 13.5. The average molecular weight is 305 g/mol. The molecular formula is C11H10BrFO4. The van der Waals surface area contributed by atoms with E-state index in [1.165, 1.54) is 0 Å². The van der Waals surface area contributed by atoms with Crippen molar-refractivity contribution in [3.8, 4) is 11.5 Å². The van der Waals surface area contributed by atoms with E-state index in [0.717, 1.165) is 6.07 Å². The van der Waals surface area contributed by atoms with Crippen LogP contribution < -0.4 is 0 Å². The topological polar surface area (TPSA) is 77.8 Å². The Balaban J connectivity index is 2.55. The molecule has 0 radical (unpaired) electrons. The summed E-state index contributed by atoms with van der Waals surface area (Å²) in [4.78, 5) is 10.8. The van der Waals surface area contributed by atoms with Crippen LogP contribution in [-0.4, -0.2) is 21.3 Å². The molecule has 0 bridgehead atoms. The molecular weight excluding hydrogens is 295 g/mol. The first-order valence-corrected chi connectivity index (χ1v) is 5.79. The molecule has 0 aliphatic heterocycles. The summed E-state index contributed by atoms with van der Waals surface area (Å²) in [6, 6.07) is 0.791. The van der Waals surface area contributed by atoms with Gasteiger partial charge in [-0.2, -0.15) is 0 Å². The molecule has 1 aromatic carbocycles. The fourth-order valence-corrected chi connectivity index (χ4v) is 2.77. The molecule has 0 spiro atoms. The summed E-state index contributed by atoms with van der Waals surface area (Å²) in [6.07, 6.45) is 0.907. The van der Waals surface area contributed by atoms with E-state index in [4.69, 9.17) is 5.11 Å². The van der Waals surface area contributed by atoms with Crippen molar-refractivity contribution in [2.24, 2.45) is 0 Å². The lowest BCUT2D eigenvalue weighted by Crippen LogP contribution is -2.14. The predicted octanol–water partition coefficient (Wildman–Crippen LogP) is 2.51.